The van der Waals surface area contributed by atoms with Crippen LogP contribution in [0.4, 0.5) is 5.69 Å². The van der Waals surface area contributed by atoms with Gasteiger partial charge in [0.1, 0.15) is 6.04 Å². The van der Waals surface area contributed by atoms with Crippen molar-refractivity contribution in [3.8, 4) is 0 Å². The van der Waals surface area contributed by atoms with Crippen molar-refractivity contribution in [1.82, 2.24) is 9.21 Å². The highest BCUT2D eigenvalue weighted by atomic mass is 35.5. The van der Waals surface area contributed by atoms with Crippen LogP contribution in [0.15, 0.2) is 40.6 Å². The number of anilines is 1. The SMILES string of the molecule is CN(C)S(=O)(=O)c1ccc(Cl)c(NC(=O)COC(=O)[C@@H]2CCCN2C(=O)c2cccs2)c1. The summed E-state index contributed by atoms with van der Waals surface area (Å²) in [6.45, 7) is -0.164. The van der Waals surface area contributed by atoms with Crippen LogP contribution in [0.3, 0.4) is 0 Å². The van der Waals surface area contributed by atoms with Crippen LogP contribution in [-0.4, -0.2) is 68.7 Å². The van der Waals surface area contributed by atoms with Crippen molar-refractivity contribution in [2.24, 2.45) is 0 Å². The van der Waals surface area contributed by atoms with Crippen LogP contribution < -0.4 is 5.32 Å². The summed E-state index contributed by atoms with van der Waals surface area (Å²) < 4.78 is 30.7. The van der Waals surface area contributed by atoms with E-state index in [1.54, 1.807) is 17.5 Å². The maximum atomic E-state index is 12.6. The summed E-state index contributed by atoms with van der Waals surface area (Å²) in [5.74, 6) is -1.60. The van der Waals surface area contributed by atoms with Gasteiger partial charge in [0, 0.05) is 20.6 Å². The number of likely N-dealkylation sites (tertiary alicyclic amines) is 1. The number of halogens is 1. The van der Waals surface area contributed by atoms with Gasteiger partial charge in [0.15, 0.2) is 6.61 Å². The molecule has 2 aromatic rings. The molecule has 0 radical (unpaired) electrons. The Hall–Kier alpha value is -2.47. The minimum atomic E-state index is -3.72. The second-order valence-electron chi connectivity index (χ2n) is 7.22. The molecule has 3 rings (SSSR count). The van der Waals surface area contributed by atoms with Crippen LogP contribution in [0, 0.1) is 0 Å². The van der Waals surface area contributed by atoms with Crippen molar-refractivity contribution in [2.75, 3.05) is 32.6 Å². The van der Waals surface area contributed by atoms with Gasteiger partial charge in [-0.3, -0.25) is 9.59 Å². The van der Waals surface area contributed by atoms with E-state index in [4.69, 9.17) is 16.3 Å². The van der Waals surface area contributed by atoms with E-state index in [9.17, 15) is 22.8 Å². The quantitative estimate of drug-likeness (QED) is 0.585. The number of hydrogen-bond donors (Lipinski definition) is 1. The number of rotatable bonds is 7. The lowest BCUT2D eigenvalue weighted by atomic mass is 10.2. The third kappa shape index (κ3) is 5.29. The first-order chi connectivity index (χ1) is 15.1. The molecule has 1 aliphatic rings. The van der Waals surface area contributed by atoms with Crippen LogP contribution in [0.25, 0.3) is 0 Å². The van der Waals surface area contributed by atoms with Crippen molar-refractivity contribution in [3.63, 3.8) is 0 Å². The molecule has 32 heavy (non-hydrogen) atoms. The third-order valence-electron chi connectivity index (χ3n) is 4.85. The van der Waals surface area contributed by atoms with E-state index in [2.05, 4.69) is 5.32 Å². The number of amides is 2. The molecule has 9 nitrogen and oxygen atoms in total. The molecule has 1 atom stereocenters. The molecule has 0 bridgehead atoms. The Kier molecular flexibility index (Phi) is 7.55. The molecule has 0 saturated carbocycles. The van der Waals surface area contributed by atoms with Gasteiger partial charge in [0.2, 0.25) is 10.0 Å². The third-order valence-corrected chi connectivity index (χ3v) is 7.85. The van der Waals surface area contributed by atoms with Crippen LogP contribution in [-0.2, 0) is 24.3 Å². The highest BCUT2D eigenvalue weighted by Gasteiger charge is 2.36. The van der Waals surface area contributed by atoms with Crippen molar-refractivity contribution in [2.45, 2.75) is 23.8 Å². The van der Waals surface area contributed by atoms with Gasteiger partial charge >= 0.3 is 5.97 Å². The van der Waals surface area contributed by atoms with E-state index in [0.29, 0.717) is 24.3 Å². The van der Waals surface area contributed by atoms with Gasteiger partial charge in [-0.1, -0.05) is 17.7 Å². The Labute approximate surface area is 195 Å². The van der Waals surface area contributed by atoms with Crippen LogP contribution in [0.1, 0.15) is 22.5 Å². The fourth-order valence-electron chi connectivity index (χ4n) is 3.19. The summed E-state index contributed by atoms with van der Waals surface area (Å²) in [6, 6.07) is 6.61. The summed E-state index contributed by atoms with van der Waals surface area (Å²) in [7, 11) is -0.948. The second-order valence-corrected chi connectivity index (χ2v) is 10.7. The Bertz CT molecular complexity index is 1120. The van der Waals surface area contributed by atoms with Crippen LogP contribution >= 0.6 is 22.9 Å². The molecular formula is C20H22ClN3O6S2. The maximum Gasteiger partial charge on any atom is 0.329 e. The number of hydrogen-bond acceptors (Lipinski definition) is 7. The molecule has 2 amide bonds. The first-order valence-electron chi connectivity index (χ1n) is 9.64. The van der Waals surface area contributed by atoms with Gasteiger partial charge in [0.25, 0.3) is 11.8 Å². The molecule has 1 N–H and O–H groups in total. The average Bonchev–Trinajstić information content (AvgIpc) is 3.45. The molecule has 1 fully saturated rings. The number of nitrogens with zero attached hydrogens (tertiary/aromatic N) is 2. The van der Waals surface area contributed by atoms with Gasteiger partial charge in [-0.2, -0.15) is 0 Å². The summed E-state index contributed by atoms with van der Waals surface area (Å²) in [4.78, 5) is 39.3. The molecule has 2 heterocycles. The number of nitrogens with one attached hydrogen (secondary N) is 1. The topological polar surface area (TPSA) is 113 Å². The predicted octanol–water partition coefficient (Wildman–Crippen LogP) is 2.44. The Balaban J connectivity index is 1.61. The molecule has 1 aliphatic heterocycles. The Morgan fingerprint density at radius 2 is 2.03 bits per heavy atom. The summed E-state index contributed by atoms with van der Waals surface area (Å²) >= 11 is 7.36. The summed E-state index contributed by atoms with van der Waals surface area (Å²) in [5.41, 5.74) is 0.0750. The fourth-order valence-corrected chi connectivity index (χ4v) is 4.96. The van der Waals surface area contributed by atoms with Crippen molar-refractivity contribution in [3.05, 3.63) is 45.6 Å². The van der Waals surface area contributed by atoms with Gasteiger partial charge in [-0.05, 0) is 42.5 Å². The van der Waals surface area contributed by atoms with Crippen LogP contribution in [0.2, 0.25) is 5.02 Å². The van der Waals surface area contributed by atoms with E-state index < -0.39 is 34.5 Å². The number of carbonyl (C=O) groups is 3. The monoisotopic (exact) mass is 499 g/mol. The lowest BCUT2D eigenvalue weighted by molar-refractivity contribution is -0.151. The first kappa shape index (κ1) is 24.2. The minimum absolute atomic E-state index is 0.0483. The van der Waals surface area contributed by atoms with E-state index in [1.165, 1.54) is 48.5 Å². The van der Waals surface area contributed by atoms with Crippen LogP contribution in [0.5, 0.6) is 0 Å². The van der Waals surface area contributed by atoms with Crippen molar-refractivity contribution < 1.29 is 27.5 Å². The number of benzene rings is 1. The molecule has 0 aliphatic carbocycles. The number of sulfonamides is 1. The van der Waals surface area contributed by atoms with E-state index in [-0.39, 0.29) is 21.5 Å². The van der Waals surface area contributed by atoms with Gasteiger partial charge < -0.3 is 15.0 Å². The molecule has 1 aromatic carbocycles. The van der Waals surface area contributed by atoms with Gasteiger partial charge in [-0.15, -0.1) is 11.3 Å². The highest BCUT2D eigenvalue weighted by Crippen LogP contribution is 2.27. The average molecular weight is 500 g/mol. The maximum absolute atomic E-state index is 12.6. The smallest absolute Gasteiger partial charge is 0.329 e. The zero-order valence-corrected chi connectivity index (χ0v) is 19.8. The number of thiophene rings is 1. The standard InChI is InChI=1S/C20H22ClN3O6S2/c1-23(2)32(28,29)13-7-8-14(21)15(11-13)22-18(25)12-30-20(27)16-5-3-9-24(16)19(26)17-6-4-10-31-17/h4,6-8,10-11,16H,3,5,9,12H2,1-2H3,(H,22,25)/t16-/m0/s1. The second kappa shape index (κ2) is 9.99. The predicted molar refractivity (Wildman–Crippen MR) is 120 cm³/mol. The fraction of sp³-hybridized carbons (Fsp3) is 0.350. The molecule has 0 unspecified atom stereocenters. The van der Waals surface area contributed by atoms with Gasteiger partial charge in [0.05, 0.1) is 20.5 Å². The Morgan fingerprint density at radius 3 is 2.69 bits per heavy atom. The minimum Gasteiger partial charge on any atom is -0.454 e. The normalized spacial score (nSPS) is 16.2. The Morgan fingerprint density at radius 1 is 1.28 bits per heavy atom. The molecule has 0 spiro atoms. The van der Waals surface area contributed by atoms with Gasteiger partial charge in [-0.25, -0.2) is 17.5 Å². The van der Waals surface area contributed by atoms with Crippen molar-refractivity contribution in [1.29, 1.82) is 0 Å². The zero-order chi connectivity index (χ0) is 23.5. The molecule has 1 aromatic heterocycles. The molecule has 12 heteroatoms. The van der Waals surface area contributed by atoms with E-state index in [1.807, 2.05) is 0 Å². The summed E-state index contributed by atoms with van der Waals surface area (Å²) in [5, 5.41) is 4.37. The number of carbonyl (C=O) groups excluding carboxylic acids is 3. The molecule has 172 valence electrons. The molecule has 1 saturated heterocycles. The van der Waals surface area contributed by atoms with E-state index in [0.717, 1.165) is 4.31 Å². The number of ether oxygens (including phenoxy) is 1. The molecular weight excluding hydrogens is 478 g/mol. The lowest BCUT2D eigenvalue weighted by Crippen LogP contribution is -2.41. The summed E-state index contributed by atoms with van der Waals surface area (Å²) in [6.07, 6.45) is 1.11. The van der Waals surface area contributed by atoms with Crippen molar-refractivity contribution >= 4 is 56.4 Å². The zero-order valence-electron chi connectivity index (χ0n) is 17.4. The highest BCUT2D eigenvalue weighted by molar-refractivity contribution is 7.89. The van der Waals surface area contributed by atoms with E-state index >= 15 is 0 Å². The first-order valence-corrected chi connectivity index (χ1v) is 12.3. The largest absolute Gasteiger partial charge is 0.454 e. The number of esters is 1. The lowest BCUT2D eigenvalue weighted by Gasteiger charge is -2.22.